The first-order chi connectivity index (χ1) is 15.7. The van der Waals surface area contributed by atoms with E-state index in [1.807, 2.05) is 23.6 Å². The molecule has 1 amide bonds. The summed E-state index contributed by atoms with van der Waals surface area (Å²) in [7, 11) is 1.68. The zero-order valence-electron chi connectivity index (χ0n) is 19.0. The molecule has 1 aromatic carbocycles. The van der Waals surface area contributed by atoms with E-state index in [0.717, 1.165) is 59.8 Å². The monoisotopic (exact) mass is 453 g/mol. The number of carbonyl (C=O) groups excluding carboxylic acids is 1. The fraction of sp³-hybridized carbons (Fsp3) is 0.458. The van der Waals surface area contributed by atoms with Crippen LogP contribution in [-0.4, -0.2) is 60.1 Å². The molecule has 0 aliphatic carbocycles. The molecule has 1 N–H and O–H groups in total. The van der Waals surface area contributed by atoms with Crippen molar-refractivity contribution in [2.45, 2.75) is 38.8 Å². The van der Waals surface area contributed by atoms with Crippen LogP contribution in [0.5, 0.6) is 5.75 Å². The average molecular weight is 454 g/mol. The van der Waals surface area contributed by atoms with Gasteiger partial charge >= 0.3 is 0 Å². The fourth-order valence-electron chi connectivity index (χ4n) is 4.58. The van der Waals surface area contributed by atoms with Gasteiger partial charge in [-0.2, -0.15) is 0 Å². The minimum absolute atomic E-state index is 0.0598. The zero-order valence-corrected chi connectivity index (χ0v) is 19.8. The third-order valence-corrected chi connectivity index (χ3v) is 7.09. The van der Waals surface area contributed by atoms with Gasteiger partial charge in [-0.3, -0.25) is 9.69 Å². The molecule has 4 rings (SSSR count). The second-order valence-electron chi connectivity index (χ2n) is 7.95. The molecule has 3 aromatic rings. The summed E-state index contributed by atoms with van der Waals surface area (Å²) in [5.74, 6) is 1.75. The molecule has 2 aromatic heterocycles. The molecule has 8 heteroatoms. The molecule has 32 heavy (non-hydrogen) atoms. The number of methoxy groups -OCH3 is 1. The summed E-state index contributed by atoms with van der Waals surface area (Å²) in [5, 5.41) is 6.29. The summed E-state index contributed by atoms with van der Waals surface area (Å²) in [6, 6.07) is 10.0. The average Bonchev–Trinajstić information content (AvgIpc) is 3.51. The Kier molecular flexibility index (Phi) is 7.22. The van der Waals surface area contributed by atoms with Crippen molar-refractivity contribution in [1.29, 1.82) is 0 Å². The highest BCUT2D eigenvalue weighted by atomic mass is 32.1. The van der Waals surface area contributed by atoms with Crippen molar-refractivity contribution in [2.75, 3.05) is 38.2 Å². The normalized spacial score (nSPS) is 17.1. The van der Waals surface area contributed by atoms with E-state index in [9.17, 15) is 4.79 Å². The number of likely N-dealkylation sites (N-methyl/N-ethyl adjacent to an activating group) is 1. The first kappa shape index (κ1) is 22.5. The van der Waals surface area contributed by atoms with Crippen LogP contribution in [0, 0.1) is 0 Å². The van der Waals surface area contributed by atoms with Crippen molar-refractivity contribution in [2.24, 2.45) is 0 Å². The number of hydrogen-bond acceptors (Lipinski definition) is 7. The quantitative estimate of drug-likeness (QED) is 0.530. The predicted octanol–water partition coefficient (Wildman–Crippen LogP) is 3.87. The number of nitrogens with one attached hydrogen (secondary N) is 1. The second-order valence-corrected chi connectivity index (χ2v) is 8.84. The molecule has 170 valence electrons. The van der Waals surface area contributed by atoms with Crippen LogP contribution >= 0.6 is 11.3 Å². The number of amides is 1. The van der Waals surface area contributed by atoms with Crippen LogP contribution in [0.25, 0.3) is 10.2 Å². The summed E-state index contributed by atoms with van der Waals surface area (Å²) in [5.41, 5.74) is 1.15. The van der Waals surface area contributed by atoms with Gasteiger partial charge in [0.15, 0.2) is 0 Å². The van der Waals surface area contributed by atoms with E-state index in [1.54, 1.807) is 24.8 Å². The molecule has 1 fully saturated rings. The molecule has 3 heterocycles. The van der Waals surface area contributed by atoms with Gasteiger partial charge in [0.1, 0.15) is 28.8 Å². The van der Waals surface area contributed by atoms with Crippen LogP contribution in [0.3, 0.4) is 0 Å². The van der Waals surface area contributed by atoms with Gasteiger partial charge in [0, 0.05) is 13.1 Å². The highest BCUT2D eigenvalue weighted by Gasteiger charge is 2.33. The van der Waals surface area contributed by atoms with Crippen molar-refractivity contribution < 1.29 is 9.53 Å². The third kappa shape index (κ3) is 4.56. The lowest BCUT2D eigenvalue weighted by molar-refractivity contribution is -0.122. The van der Waals surface area contributed by atoms with E-state index in [4.69, 9.17) is 4.74 Å². The Morgan fingerprint density at radius 1 is 1.31 bits per heavy atom. The second kappa shape index (κ2) is 10.3. The standard InChI is InChI=1S/C24H31N5O2S/c1-4-28(5-2)21(17-8-6-9-18(14-17)31-3)15-25-23(30)20-10-7-12-29(20)22-19-11-13-32-24(19)27-16-26-22/h6,8-9,11,13-14,16,20-21H,4-5,7,10,12,15H2,1-3H3,(H,25,30). The van der Waals surface area contributed by atoms with Crippen molar-refractivity contribution >= 4 is 33.3 Å². The van der Waals surface area contributed by atoms with Crippen LogP contribution in [-0.2, 0) is 4.79 Å². The molecule has 0 spiro atoms. The van der Waals surface area contributed by atoms with Gasteiger partial charge in [0.05, 0.1) is 18.5 Å². The number of rotatable bonds is 9. The topological polar surface area (TPSA) is 70.6 Å². The molecule has 1 aliphatic heterocycles. The van der Waals surface area contributed by atoms with E-state index in [1.165, 1.54) is 0 Å². The van der Waals surface area contributed by atoms with Gasteiger partial charge < -0.3 is 15.0 Å². The van der Waals surface area contributed by atoms with Gasteiger partial charge in [-0.05, 0) is 55.1 Å². The van der Waals surface area contributed by atoms with Crippen LogP contribution in [0.4, 0.5) is 5.82 Å². The molecule has 2 unspecified atom stereocenters. The Morgan fingerprint density at radius 2 is 2.16 bits per heavy atom. The van der Waals surface area contributed by atoms with E-state index in [-0.39, 0.29) is 18.0 Å². The van der Waals surface area contributed by atoms with Crippen molar-refractivity contribution in [3.05, 3.63) is 47.6 Å². The number of nitrogens with zero attached hydrogens (tertiary/aromatic N) is 4. The number of benzene rings is 1. The Balaban J connectivity index is 1.51. The van der Waals surface area contributed by atoms with Gasteiger partial charge in [0.25, 0.3) is 0 Å². The van der Waals surface area contributed by atoms with E-state index >= 15 is 0 Å². The lowest BCUT2D eigenvalue weighted by atomic mass is 10.0. The lowest BCUT2D eigenvalue weighted by Crippen LogP contribution is -2.46. The number of hydrogen-bond donors (Lipinski definition) is 1. The molecule has 0 bridgehead atoms. The van der Waals surface area contributed by atoms with Crippen LogP contribution in [0.2, 0.25) is 0 Å². The maximum Gasteiger partial charge on any atom is 0.242 e. The number of aromatic nitrogens is 2. The molecular formula is C24H31N5O2S. The Bertz CT molecular complexity index is 1050. The van der Waals surface area contributed by atoms with Gasteiger partial charge in [0.2, 0.25) is 5.91 Å². The molecule has 1 aliphatic rings. The Labute approximate surface area is 193 Å². The summed E-state index contributed by atoms with van der Waals surface area (Å²) in [6.45, 7) is 7.49. The molecule has 1 saturated heterocycles. The van der Waals surface area contributed by atoms with Crippen LogP contribution in [0.1, 0.15) is 38.3 Å². The summed E-state index contributed by atoms with van der Waals surface area (Å²) < 4.78 is 5.43. The lowest BCUT2D eigenvalue weighted by Gasteiger charge is -2.32. The first-order valence-corrected chi connectivity index (χ1v) is 12.1. The van der Waals surface area contributed by atoms with E-state index in [2.05, 4.69) is 51.1 Å². The molecule has 0 saturated carbocycles. The molecule has 2 atom stereocenters. The number of ether oxygens (including phenoxy) is 1. The number of carbonyl (C=O) groups is 1. The van der Waals surface area contributed by atoms with Crippen LogP contribution < -0.4 is 15.0 Å². The maximum atomic E-state index is 13.3. The molecule has 0 radical (unpaired) electrons. The van der Waals surface area contributed by atoms with Gasteiger partial charge in [-0.15, -0.1) is 11.3 Å². The highest BCUT2D eigenvalue weighted by molar-refractivity contribution is 7.16. The number of fused-ring (bicyclic) bond motifs is 1. The SMILES string of the molecule is CCN(CC)C(CNC(=O)C1CCCN1c1ncnc2sccc12)c1cccc(OC)c1. The smallest absolute Gasteiger partial charge is 0.242 e. The number of anilines is 1. The minimum atomic E-state index is -0.212. The minimum Gasteiger partial charge on any atom is -0.497 e. The largest absolute Gasteiger partial charge is 0.497 e. The van der Waals surface area contributed by atoms with Crippen molar-refractivity contribution in [3.63, 3.8) is 0 Å². The predicted molar refractivity (Wildman–Crippen MR) is 129 cm³/mol. The first-order valence-electron chi connectivity index (χ1n) is 11.3. The molecule has 7 nitrogen and oxygen atoms in total. The van der Waals surface area contributed by atoms with E-state index in [0.29, 0.717) is 6.54 Å². The summed E-state index contributed by atoms with van der Waals surface area (Å²) >= 11 is 1.60. The Hall–Kier alpha value is -2.71. The fourth-order valence-corrected chi connectivity index (χ4v) is 5.31. The number of thiophene rings is 1. The third-order valence-electron chi connectivity index (χ3n) is 6.27. The summed E-state index contributed by atoms with van der Waals surface area (Å²) in [4.78, 5) is 27.7. The maximum absolute atomic E-state index is 13.3. The Morgan fingerprint density at radius 3 is 2.94 bits per heavy atom. The summed E-state index contributed by atoms with van der Waals surface area (Å²) in [6.07, 6.45) is 3.40. The highest BCUT2D eigenvalue weighted by Crippen LogP contribution is 2.32. The van der Waals surface area contributed by atoms with Gasteiger partial charge in [-0.25, -0.2) is 9.97 Å². The zero-order chi connectivity index (χ0) is 22.5. The van der Waals surface area contributed by atoms with Crippen LogP contribution in [0.15, 0.2) is 42.0 Å². The van der Waals surface area contributed by atoms with Gasteiger partial charge in [-0.1, -0.05) is 26.0 Å². The van der Waals surface area contributed by atoms with Crippen molar-refractivity contribution in [3.8, 4) is 5.75 Å². The van der Waals surface area contributed by atoms with Crippen molar-refractivity contribution in [1.82, 2.24) is 20.2 Å². The van der Waals surface area contributed by atoms with E-state index < -0.39 is 0 Å². The molecular weight excluding hydrogens is 422 g/mol.